The third-order valence-electron chi connectivity index (χ3n) is 3.40. The van der Waals surface area contributed by atoms with E-state index in [1.54, 1.807) is 0 Å². The van der Waals surface area contributed by atoms with Crippen molar-refractivity contribution >= 4 is 5.91 Å². The SMILES string of the molecule is CC(C)CN(CCC(=O)N(C)CCCN)C1CC1. The van der Waals surface area contributed by atoms with E-state index in [0.29, 0.717) is 18.9 Å². The van der Waals surface area contributed by atoms with E-state index in [-0.39, 0.29) is 5.91 Å². The molecule has 1 rings (SSSR count). The summed E-state index contributed by atoms with van der Waals surface area (Å²) in [4.78, 5) is 16.2. The summed E-state index contributed by atoms with van der Waals surface area (Å²) in [5.74, 6) is 0.925. The quantitative estimate of drug-likeness (QED) is 0.676. The van der Waals surface area contributed by atoms with Crippen LogP contribution >= 0.6 is 0 Å². The fourth-order valence-electron chi connectivity index (χ4n) is 2.21. The molecule has 0 aliphatic heterocycles. The van der Waals surface area contributed by atoms with Crippen molar-refractivity contribution in [3.05, 3.63) is 0 Å². The molecule has 2 N–H and O–H groups in total. The van der Waals surface area contributed by atoms with Gasteiger partial charge in [0.25, 0.3) is 0 Å². The first-order chi connectivity index (χ1) is 8.54. The lowest BCUT2D eigenvalue weighted by Gasteiger charge is -2.25. The van der Waals surface area contributed by atoms with E-state index in [4.69, 9.17) is 5.73 Å². The Balaban J connectivity index is 2.25. The van der Waals surface area contributed by atoms with Gasteiger partial charge < -0.3 is 10.6 Å². The highest BCUT2D eigenvalue weighted by Crippen LogP contribution is 2.27. The van der Waals surface area contributed by atoms with Crippen LogP contribution in [0.25, 0.3) is 0 Å². The van der Waals surface area contributed by atoms with Gasteiger partial charge in [0.2, 0.25) is 5.91 Å². The topological polar surface area (TPSA) is 49.6 Å². The van der Waals surface area contributed by atoms with E-state index in [1.165, 1.54) is 12.8 Å². The molecule has 106 valence electrons. The lowest BCUT2D eigenvalue weighted by molar-refractivity contribution is -0.130. The molecular weight excluding hydrogens is 226 g/mol. The fraction of sp³-hybridized carbons (Fsp3) is 0.929. The van der Waals surface area contributed by atoms with E-state index < -0.39 is 0 Å². The maximum atomic E-state index is 11.9. The van der Waals surface area contributed by atoms with E-state index in [0.717, 1.165) is 32.1 Å². The third-order valence-corrected chi connectivity index (χ3v) is 3.40. The maximum absolute atomic E-state index is 11.9. The molecule has 0 aromatic heterocycles. The molecule has 1 saturated carbocycles. The first-order valence-corrected chi connectivity index (χ1v) is 7.22. The van der Waals surface area contributed by atoms with Gasteiger partial charge in [0.1, 0.15) is 0 Å². The highest BCUT2D eigenvalue weighted by atomic mass is 16.2. The molecule has 1 aliphatic rings. The van der Waals surface area contributed by atoms with Gasteiger partial charge in [-0.25, -0.2) is 0 Å². The third kappa shape index (κ3) is 5.83. The minimum absolute atomic E-state index is 0.248. The summed E-state index contributed by atoms with van der Waals surface area (Å²) in [6.45, 7) is 7.94. The van der Waals surface area contributed by atoms with Gasteiger partial charge in [-0.2, -0.15) is 0 Å². The zero-order valence-corrected chi connectivity index (χ0v) is 12.2. The lowest BCUT2D eigenvalue weighted by atomic mass is 10.2. The van der Waals surface area contributed by atoms with Crippen molar-refractivity contribution in [1.29, 1.82) is 0 Å². The number of amides is 1. The van der Waals surface area contributed by atoms with Crippen LogP contribution in [0.3, 0.4) is 0 Å². The number of nitrogens with zero attached hydrogens (tertiary/aromatic N) is 2. The molecule has 1 fully saturated rings. The summed E-state index contributed by atoms with van der Waals surface area (Å²) in [6.07, 6.45) is 4.15. The molecule has 4 heteroatoms. The Morgan fingerprint density at radius 1 is 1.33 bits per heavy atom. The number of nitrogens with two attached hydrogens (primary N) is 1. The fourth-order valence-corrected chi connectivity index (χ4v) is 2.21. The van der Waals surface area contributed by atoms with Crippen LogP contribution in [-0.4, -0.2) is 55.0 Å². The number of carbonyl (C=O) groups excluding carboxylic acids is 1. The molecule has 1 amide bonds. The van der Waals surface area contributed by atoms with Crippen molar-refractivity contribution in [3.8, 4) is 0 Å². The predicted molar refractivity (Wildman–Crippen MR) is 75.4 cm³/mol. The molecule has 0 radical (unpaired) electrons. The Morgan fingerprint density at radius 2 is 2.00 bits per heavy atom. The van der Waals surface area contributed by atoms with Gasteiger partial charge in [0.15, 0.2) is 0 Å². The second-order valence-electron chi connectivity index (χ2n) is 5.83. The summed E-state index contributed by atoms with van der Waals surface area (Å²) in [7, 11) is 1.88. The summed E-state index contributed by atoms with van der Waals surface area (Å²) >= 11 is 0. The van der Waals surface area contributed by atoms with Gasteiger partial charge in [-0.15, -0.1) is 0 Å². The Bertz CT molecular complexity index is 251. The molecule has 0 unspecified atom stereocenters. The van der Waals surface area contributed by atoms with Crippen molar-refractivity contribution in [3.63, 3.8) is 0 Å². The summed E-state index contributed by atoms with van der Waals surface area (Å²) in [5.41, 5.74) is 5.46. The number of rotatable bonds is 9. The molecule has 0 atom stereocenters. The molecule has 0 aromatic carbocycles. The molecular formula is C14H29N3O. The van der Waals surface area contributed by atoms with Crippen LogP contribution in [0.15, 0.2) is 0 Å². The van der Waals surface area contributed by atoms with Crippen molar-refractivity contribution in [2.45, 2.75) is 45.6 Å². The molecule has 1 aliphatic carbocycles. The van der Waals surface area contributed by atoms with Crippen molar-refractivity contribution in [2.24, 2.45) is 11.7 Å². The van der Waals surface area contributed by atoms with Gasteiger partial charge in [-0.3, -0.25) is 9.69 Å². The molecule has 0 bridgehead atoms. The smallest absolute Gasteiger partial charge is 0.223 e. The number of hydrogen-bond donors (Lipinski definition) is 1. The van der Waals surface area contributed by atoms with E-state index in [2.05, 4.69) is 18.7 Å². The first-order valence-electron chi connectivity index (χ1n) is 7.22. The molecule has 0 aromatic rings. The van der Waals surface area contributed by atoms with Crippen LogP contribution in [0, 0.1) is 5.92 Å². The monoisotopic (exact) mass is 255 g/mol. The Labute approximate surface area is 111 Å². The van der Waals surface area contributed by atoms with Crippen LogP contribution < -0.4 is 5.73 Å². The van der Waals surface area contributed by atoms with E-state index >= 15 is 0 Å². The Morgan fingerprint density at radius 3 is 2.50 bits per heavy atom. The summed E-state index contributed by atoms with van der Waals surface area (Å²) in [6, 6.07) is 0.745. The largest absolute Gasteiger partial charge is 0.346 e. The lowest BCUT2D eigenvalue weighted by Crippen LogP contribution is -2.36. The molecule has 0 spiro atoms. The van der Waals surface area contributed by atoms with Crippen LogP contribution in [-0.2, 0) is 4.79 Å². The van der Waals surface area contributed by atoms with Crippen LogP contribution in [0.4, 0.5) is 0 Å². The van der Waals surface area contributed by atoms with Gasteiger partial charge in [0, 0.05) is 39.1 Å². The van der Waals surface area contributed by atoms with Gasteiger partial charge >= 0.3 is 0 Å². The number of carbonyl (C=O) groups is 1. The highest BCUT2D eigenvalue weighted by molar-refractivity contribution is 5.76. The minimum atomic E-state index is 0.248. The second kappa shape index (κ2) is 7.74. The van der Waals surface area contributed by atoms with Crippen molar-refractivity contribution in [1.82, 2.24) is 9.80 Å². The zero-order chi connectivity index (χ0) is 13.5. The molecule has 18 heavy (non-hydrogen) atoms. The van der Waals surface area contributed by atoms with Gasteiger partial charge in [-0.1, -0.05) is 13.8 Å². The first kappa shape index (κ1) is 15.4. The van der Waals surface area contributed by atoms with E-state index in [1.807, 2.05) is 11.9 Å². The van der Waals surface area contributed by atoms with Crippen LogP contribution in [0.1, 0.15) is 39.5 Å². The molecule has 0 heterocycles. The van der Waals surface area contributed by atoms with E-state index in [9.17, 15) is 4.79 Å². The second-order valence-corrected chi connectivity index (χ2v) is 5.83. The standard InChI is InChI=1S/C14H29N3O/c1-12(2)11-17(13-5-6-13)10-7-14(18)16(3)9-4-8-15/h12-13H,4-11,15H2,1-3H3. The van der Waals surface area contributed by atoms with Crippen LogP contribution in [0.5, 0.6) is 0 Å². The summed E-state index contributed by atoms with van der Waals surface area (Å²) in [5, 5.41) is 0. The average molecular weight is 255 g/mol. The predicted octanol–water partition coefficient (Wildman–Crippen LogP) is 1.30. The number of hydrogen-bond acceptors (Lipinski definition) is 3. The van der Waals surface area contributed by atoms with Gasteiger partial charge in [-0.05, 0) is 31.7 Å². The van der Waals surface area contributed by atoms with Crippen LogP contribution in [0.2, 0.25) is 0 Å². The normalized spacial score (nSPS) is 15.4. The molecule has 4 nitrogen and oxygen atoms in total. The summed E-state index contributed by atoms with van der Waals surface area (Å²) < 4.78 is 0. The van der Waals surface area contributed by atoms with Crippen molar-refractivity contribution < 1.29 is 4.79 Å². The van der Waals surface area contributed by atoms with Gasteiger partial charge in [0.05, 0.1) is 0 Å². The molecule has 0 saturated heterocycles. The minimum Gasteiger partial charge on any atom is -0.346 e. The maximum Gasteiger partial charge on any atom is 0.223 e. The Hall–Kier alpha value is -0.610. The highest BCUT2D eigenvalue weighted by Gasteiger charge is 2.29. The zero-order valence-electron chi connectivity index (χ0n) is 12.2. The van der Waals surface area contributed by atoms with Crippen molar-refractivity contribution in [2.75, 3.05) is 33.2 Å². The Kier molecular flexibility index (Phi) is 6.65. The average Bonchev–Trinajstić information content (AvgIpc) is 3.14.